The lowest BCUT2D eigenvalue weighted by atomic mass is 10.1. The summed E-state index contributed by atoms with van der Waals surface area (Å²) in [5, 5.41) is 12.3. The van der Waals surface area contributed by atoms with E-state index in [2.05, 4.69) is 16.4 Å². The molecule has 1 aromatic carbocycles. The summed E-state index contributed by atoms with van der Waals surface area (Å²) in [5.41, 5.74) is 8.94. The first-order chi connectivity index (χ1) is 9.10. The Kier molecular flexibility index (Phi) is 3.67. The Balaban J connectivity index is 2.23. The number of nitriles is 1. The Morgan fingerprint density at radius 3 is 2.53 bits per heavy atom. The van der Waals surface area contributed by atoms with Gasteiger partial charge in [-0.2, -0.15) is 5.26 Å². The molecule has 0 aliphatic carbocycles. The van der Waals surface area contributed by atoms with Crippen LogP contribution in [0.2, 0.25) is 0 Å². The molecule has 1 aromatic heterocycles. The van der Waals surface area contributed by atoms with E-state index in [1.54, 1.807) is 6.07 Å². The van der Waals surface area contributed by atoms with Crippen LogP contribution < -0.4 is 11.1 Å². The number of aryl methyl sites for hydroxylation is 1. The molecule has 0 spiro atoms. The quantitative estimate of drug-likeness (QED) is 0.823. The fourth-order valence-corrected chi connectivity index (χ4v) is 1.83. The third-order valence-electron chi connectivity index (χ3n) is 2.94. The second-order valence-electron chi connectivity index (χ2n) is 4.49. The van der Waals surface area contributed by atoms with Gasteiger partial charge in [0.05, 0.1) is 5.56 Å². The van der Waals surface area contributed by atoms with E-state index in [1.165, 1.54) is 0 Å². The zero-order valence-electron chi connectivity index (χ0n) is 11.0. The molecular weight excluding hydrogens is 236 g/mol. The van der Waals surface area contributed by atoms with E-state index in [4.69, 9.17) is 11.0 Å². The first kappa shape index (κ1) is 12.9. The standard InChI is InChI=1S/C15H16N4/c1-10-3-4-13(9-16)15(18-10)19-11(2)12-5-7-14(17)8-6-12/h3-8,11H,17H2,1-2H3,(H,18,19). The molecule has 0 aliphatic heterocycles. The van der Waals surface area contributed by atoms with Crippen LogP contribution in [0.3, 0.4) is 0 Å². The number of hydrogen-bond acceptors (Lipinski definition) is 4. The van der Waals surface area contributed by atoms with Crippen LogP contribution in [0.5, 0.6) is 0 Å². The number of pyridine rings is 1. The fourth-order valence-electron chi connectivity index (χ4n) is 1.83. The molecule has 0 saturated carbocycles. The van der Waals surface area contributed by atoms with Crippen LogP contribution in [0.1, 0.15) is 29.8 Å². The lowest BCUT2D eigenvalue weighted by Gasteiger charge is -2.16. The monoisotopic (exact) mass is 252 g/mol. The van der Waals surface area contributed by atoms with Crippen molar-refractivity contribution in [2.75, 3.05) is 11.1 Å². The van der Waals surface area contributed by atoms with Crippen LogP contribution >= 0.6 is 0 Å². The molecule has 0 amide bonds. The number of rotatable bonds is 3. The Morgan fingerprint density at radius 2 is 1.89 bits per heavy atom. The highest BCUT2D eigenvalue weighted by molar-refractivity contribution is 5.53. The van der Waals surface area contributed by atoms with Gasteiger partial charge in [0.15, 0.2) is 0 Å². The van der Waals surface area contributed by atoms with Gasteiger partial charge in [0.25, 0.3) is 0 Å². The Hall–Kier alpha value is -2.54. The summed E-state index contributed by atoms with van der Waals surface area (Å²) in [4.78, 5) is 4.37. The van der Waals surface area contributed by atoms with Gasteiger partial charge in [0, 0.05) is 17.4 Å². The number of nitrogens with zero attached hydrogens (tertiary/aromatic N) is 2. The SMILES string of the molecule is Cc1ccc(C#N)c(NC(C)c2ccc(N)cc2)n1. The summed E-state index contributed by atoms with van der Waals surface area (Å²) in [5.74, 6) is 0.617. The van der Waals surface area contributed by atoms with Gasteiger partial charge >= 0.3 is 0 Å². The molecule has 0 aliphatic rings. The minimum absolute atomic E-state index is 0.0574. The first-order valence-electron chi connectivity index (χ1n) is 6.10. The van der Waals surface area contributed by atoms with Gasteiger partial charge in [-0.25, -0.2) is 4.98 Å². The molecule has 1 heterocycles. The number of nitrogens with two attached hydrogens (primary N) is 1. The molecule has 4 nitrogen and oxygen atoms in total. The summed E-state index contributed by atoms with van der Waals surface area (Å²) in [7, 11) is 0. The fraction of sp³-hybridized carbons (Fsp3) is 0.200. The van der Waals surface area contributed by atoms with E-state index in [0.29, 0.717) is 11.4 Å². The molecule has 0 saturated heterocycles. The van der Waals surface area contributed by atoms with Crippen molar-refractivity contribution in [3.63, 3.8) is 0 Å². The number of anilines is 2. The number of benzene rings is 1. The van der Waals surface area contributed by atoms with Crippen LogP contribution in [0, 0.1) is 18.3 Å². The summed E-state index contributed by atoms with van der Waals surface area (Å²) >= 11 is 0. The van der Waals surface area contributed by atoms with E-state index in [-0.39, 0.29) is 6.04 Å². The molecule has 19 heavy (non-hydrogen) atoms. The van der Waals surface area contributed by atoms with E-state index in [1.807, 2.05) is 44.2 Å². The topological polar surface area (TPSA) is 74.7 Å². The molecule has 1 unspecified atom stereocenters. The second kappa shape index (κ2) is 5.40. The molecule has 4 heteroatoms. The molecule has 2 rings (SSSR count). The number of aromatic nitrogens is 1. The highest BCUT2D eigenvalue weighted by Crippen LogP contribution is 2.21. The summed E-state index contributed by atoms with van der Waals surface area (Å²) < 4.78 is 0. The minimum atomic E-state index is 0.0574. The third kappa shape index (κ3) is 3.02. The predicted molar refractivity (Wildman–Crippen MR) is 76.6 cm³/mol. The maximum atomic E-state index is 9.08. The van der Waals surface area contributed by atoms with E-state index in [9.17, 15) is 0 Å². The molecule has 96 valence electrons. The van der Waals surface area contributed by atoms with Gasteiger partial charge in [0.1, 0.15) is 11.9 Å². The smallest absolute Gasteiger partial charge is 0.144 e. The largest absolute Gasteiger partial charge is 0.399 e. The van der Waals surface area contributed by atoms with Gasteiger partial charge in [0.2, 0.25) is 0 Å². The highest BCUT2D eigenvalue weighted by Gasteiger charge is 2.09. The maximum absolute atomic E-state index is 9.08. The summed E-state index contributed by atoms with van der Waals surface area (Å²) in [6, 6.07) is 13.5. The summed E-state index contributed by atoms with van der Waals surface area (Å²) in [6.45, 7) is 3.93. The predicted octanol–water partition coefficient (Wildman–Crippen LogP) is 3.02. The van der Waals surface area contributed by atoms with Crippen molar-refractivity contribution in [2.45, 2.75) is 19.9 Å². The van der Waals surface area contributed by atoms with Gasteiger partial charge < -0.3 is 11.1 Å². The van der Waals surface area contributed by atoms with E-state index in [0.717, 1.165) is 16.9 Å². The van der Waals surface area contributed by atoms with Crippen molar-refractivity contribution >= 4 is 11.5 Å². The third-order valence-corrected chi connectivity index (χ3v) is 2.94. The van der Waals surface area contributed by atoms with E-state index >= 15 is 0 Å². The van der Waals surface area contributed by atoms with Gasteiger partial charge in [-0.05, 0) is 43.7 Å². The second-order valence-corrected chi connectivity index (χ2v) is 4.49. The normalized spacial score (nSPS) is 11.6. The van der Waals surface area contributed by atoms with Gasteiger partial charge in [-0.15, -0.1) is 0 Å². The molecular formula is C15H16N4. The van der Waals surface area contributed by atoms with Crippen LogP contribution in [-0.2, 0) is 0 Å². The molecule has 0 radical (unpaired) electrons. The van der Waals surface area contributed by atoms with Crippen molar-refractivity contribution < 1.29 is 0 Å². The van der Waals surface area contributed by atoms with Gasteiger partial charge in [-0.3, -0.25) is 0 Å². The summed E-state index contributed by atoms with van der Waals surface area (Å²) in [6.07, 6.45) is 0. The molecule has 0 fully saturated rings. The maximum Gasteiger partial charge on any atom is 0.144 e. The number of hydrogen-bond donors (Lipinski definition) is 2. The molecule has 3 N–H and O–H groups in total. The van der Waals surface area contributed by atoms with E-state index < -0.39 is 0 Å². The molecule has 0 bridgehead atoms. The lowest BCUT2D eigenvalue weighted by Crippen LogP contribution is -2.09. The van der Waals surface area contributed by atoms with Crippen LogP contribution in [0.25, 0.3) is 0 Å². The van der Waals surface area contributed by atoms with Gasteiger partial charge in [-0.1, -0.05) is 12.1 Å². The van der Waals surface area contributed by atoms with Crippen molar-refractivity contribution in [1.29, 1.82) is 5.26 Å². The highest BCUT2D eigenvalue weighted by atomic mass is 15.0. The van der Waals surface area contributed by atoms with Crippen molar-refractivity contribution in [3.05, 3.63) is 53.2 Å². The average Bonchev–Trinajstić information content (AvgIpc) is 2.39. The lowest BCUT2D eigenvalue weighted by molar-refractivity contribution is 0.871. The van der Waals surface area contributed by atoms with Crippen LogP contribution in [0.15, 0.2) is 36.4 Å². The Morgan fingerprint density at radius 1 is 1.21 bits per heavy atom. The zero-order chi connectivity index (χ0) is 13.8. The minimum Gasteiger partial charge on any atom is -0.399 e. The van der Waals surface area contributed by atoms with Crippen molar-refractivity contribution in [2.24, 2.45) is 0 Å². The van der Waals surface area contributed by atoms with Crippen molar-refractivity contribution in [1.82, 2.24) is 4.98 Å². The number of nitrogen functional groups attached to an aromatic ring is 1. The Bertz CT molecular complexity index is 611. The van der Waals surface area contributed by atoms with Crippen LogP contribution in [0.4, 0.5) is 11.5 Å². The number of nitrogens with one attached hydrogen (secondary N) is 1. The Labute approximate surface area is 112 Å². The molecule has 2 aromatic rings. The average molecular weight is 252 g/mol. The van der Waals surface area contributed by atoms with Crippen molar-refractivity contribution in [3.8, 4) is 6.07 Å². The first-order valence-corrected chi connectivity index (χ1v) is 6.10. The zero-order valence-corrected chi connectivity index (χ0v) is 11.0. The molecule has 1 atom stereocenters. The van der Waals surface area contributed by atoms with Crippen LogP contribution in [-0.4, -0.2) is 4.98 Å².